The first-order chi connectivity index (χ1) is 9.93. The van der Waals surface area contributed by atoms with Crippen molar-refractivity contribution >= 4 is 28.1 Å². The van der Waals surface area contributed by atoms with Crippen molar-refractivity contribution in [2.24, 2.45) is 0 Å². The van der Waals surface area contributed by atoms with Crippen LogP contribution in [-0.2, 0) is 4.79 Å². The molecule has 0 heterocycles. The second-order valence-electron chi connectivity index (χ2n) is 4.78. The Morgan fingerprint density at radius 3 is 2.43 bits per heavy atom. The van der Waals surface area contributed by atoms with Gasteiger partial charge in [0.05, 0.1) is 12.7 Å². The topological polar surface area (TPSA) is 63.6 Å². The molecule has 108 valence electrons. The van der Waals surface area contributed by atoms with Crippen molar-refractivity contribution in [3.8, 4) is 5.75 Å². The minimum absolute atomic E-state index is 0.0892. The largest absolute Gasteiger partial charge is 0.507 e. The van der Waals surface area contributed by atoms with Gasteiger partial charge in [-0.05, 0) is 36.8 Å². The van der Waals surface area contributed by atoms with Crippen LogP contribution in [0.4, 0.5) is 0 Å². The summed E-state index contributed by atoms with van der Waals surface area (Å²) < 4.78 is 5.22. The van der Waals surface area contributed by atoms with E-state index < -0.39 is 0 Å². The van der Waals surface area contributed by atoms with Crippen LogP contribution >= 0.6 is 0 Å². The summed E-state index contributed by atoms with van der Waals surface area (Å²) in [6.45, 7) is 2.86. The molecule has 0 saturated carbocycles. The van der Waals surface area contributed by atoms with Gasteiger partial charge in [-0.2, -0.15) is 0 Å². The van der Waals surface area contributed by atoms with E-state index in [1.165, 1.54) is 21.0 Å². The van der Waals surface area contributed by atoms with E-state index in [4.69, 9.17) is 4.74 Å². The Balaban J connectivity index is 2.66. The molecule has 0 radical (unpaired) electrons. The second-order valence-corrected chi connectivity index (χ2v) is 4.78. The lowest BCUT2D eigenvalue weighted by Gasteiger charge is -2.10. The average molecular weight is 284 g/mol. The number of fused-ring (bicyclic) bond motifs is 1. The molecule has 2 aromatic rings. The molecule has 0 aliphatic heterocycles. The van der Waals surface area contributed by atoms with Gasteiger partial charge in [0.1, 0.15) is 11.5 Å². The van der Waals surface area contributed by atoms with Crippen LogP contribution in [-0.4, -0.2) is 23.8 Å². The number of aliphatic hydroxyl groups excluding tert-OH is 1. The highest BCUT2D eigenvalue weighted by molar-refractivity contribution is 6.10. The van der Waals surface area contributed by atoms with Gasteiger partial charge in [-0.15, -0.1) is 0 Å². The quantitative estimate of drug-likeness (QED) is 0.530. The van der Waals surface area contributed by atoms with Crippen molar-refractivity contribution in [1.29, 1.82) is 0 Å². The van der Waals surface area contributed by atoms with Crippen molar-refractivity contribution < 1.29 is 19.4 Å². The van der Waals surface area contributed by atoms with Crippen molar-refractivity contribution in [1.82, 2.24) is 0 Å². The van der Waals surface area contributed by atoms with Gasteiger partial charge >= 0.3 is 0 Å². The first-order valence-electron chi connectivity index (χ1n) is 6.47. The molecule has 0 fully saturated rings. The van der Waals surface area contributed by atoms with Gasteiger partial charge in [-0.25, -0.2) is 0 Å². The molecule has 0 unspecified atom stereocenters. The normalized spacial score (nSPS) is 11.5. The van der Waals surface area contributed by atoms with Crippen LogP contribution in [0.3, 0.4) is 0 Å². The molecule has 0 bridgehead atoms. The number of benzene rings is 2. The number of Topliss-reactive ketones (excluding diaryl/α,β-unsaturated/α-hetero) is 1. The Morgan fingerprint density at radius 1 is 1.14 bits per heavy atom. The Hall–Kier alpha value is -2.62. The number of carbonyl (C=O) groups is 2. The molecule has 0 saturated heterocycles. The van der Waals surface area contributed by atoms with Crippen LogP contribution in [0.2, 0.25) is 0 Å². The predicted molar refractivity (Wildman–Crippen MR) is 81.8 cm³/mol. The third-order valence-corrected chi connectivity index (χ3v) is 3.19. The van der Waals surface area contributed by atoms with Gasteiger partial charge in [-0.3, -0.25) is 9.59 Å². The molecule has 4 nitrogen and oxygen atoms in total. The molecule has 0 aliphatic rings. The minimum Gasteiger partial charge on any atom is -0.507 e. The Labute approximate surface area is 122 Å². The number of hydrogen-bond acceptors (Lipinski definition) is 4. The highest BCUT2D eigenvalue weighted by Crippen LogP contribution is 2.30. The maximum Gasteiger partial charge on any atom is 0.164 e. The number of methoxy groups -OCH3 is 1. The number of allylic oxidation sites excluding steroid dienone is 1. The summed E-state index contributed by atoms with van der Waals surface area (Å²) >= 11 is 0. The molecule has 0 aliphatic carbocycles. The lowest BCUT2D eigenvalue weighted by Crippen LogP contribution is -1.99. The SMILES string of the molecule is COc1ccc2cc(/C(O)=C/C(C)=O)ccc2c1C(C)=O. The van der Waals surface area contributed by atoms with Gasteiger partial charge in [0.15, 0.2) is 11.6 Å². The first kappa shape index (κ1) is 14.8. The molecule has 4 heteroatoms. The molecular formula is C17H16O4. The zero-order chi connectivity index (χ0) is 15.6. The fraction of sp³-hybridized carbons (Fsp3) is 0.176. The number of ether oxygens (including phenoxy) is 1. The van der Waals surface area contributed by atoms with Crippen LogP contribution in [0.15, 0.2) is 36.4 Å². The van der Waals surface area contributed by atoms with E-state index >= 15 is 0 Å². The average Bonchev–Trinajstić information content (AvgIpc) is 2.44. The molecule has 21 heavy (non-hydrogen) atoms. The van der Waals surface area contributed by atoms with Crippen molar-refractivity contribution in [3.05, 3.63) is 47.5 Å². The van der Waals surface area contributed by atoms with E-state index in [0.29, 0.717) is 16.9 Å². The lowest BCUT2D eigenvalue weighted by molar-refractivity contribution is -0.112. The van der Waals surface area contributed by atoms with E-state index in [1.54, 1.807) is 24.3 Å². The summed E-state index contributed by atoms with van der Waals surface area (Å²) in [7, 11) is 1.52. The van der Waals surface area contributed by atoms with Crippen molar-refractivity contribution in [3.63, 3.8) is 0 Å². The van der Waals surface area contributed by atoms with Gasteiger partial charge in [0.25, 0.3) is 0 Å². The number of rotatable bonds is 4. The van der Waals surface area contributed by atoms with Crippen LogP contribution in [0.25, 0.3) is 16.5 Å². The molecule has 1 N–H and O–H groups in total. The Bertz CT molecular complexity index is 757. The van der Waals surface area contributed by atoms with E-state index in [0.717, 1.165) is 16.8 Å². The molecule has 2 aromatic carbocycles. The minimum atomic E-state index is -0.230. The molecule has 0 aromatic heterocycles. The van der Waals surface area contributed by atoms with E-state index in [2.05, 4.69) is 0 Å². The van der Waals surface area contributed by atoms with E-state index in [-0.39, 0.29) is 17.3 Å². The zero-order valence-corrected chi connectivity index (χ0v) is 12.1. The highest BCUT2D eigenvalue weighted by atomic mass is 16.5. The summed E-state index contributed by atoms with van der Waals surface area (Å²) in [5, 5.41) is 11.4. The lowest BCUT2D eigenvalue weighted by atomic mass is 9.98. The molecule has 2 rings (SSSR count). The maximum atomic E-state index is 11.8. The van der Waals surface area contributed by atoms with Gasteiger partial charge < -0.3 is 9.84 Å². The highest BCUT2D eigenvalue weighted by Gasteiger charge is 2.13. The van der Waals surface area contributed by atoms with Gasteiger partial charge in [-0.1, -0.05) is 18.2 Å². The third kappa shape index (κ3) is 2.94. The van der Waals surface area contributed by atoms with E-state index in [1.807, 2.05) is 6.07 Å². The molecule has 0 amide bonds. The summed E-state index contributed by atoms with van der Waals surface area (Å²) in [6.07, 6.45) is 1.16. The smallest absolute Gasteiger partial charge is 0.164 e. The second kappa shape index (κ2) is 5.79. The Kier molecular flexibility index (Phi) is 4.08. The standard InChI is InChI=1S/C17H16O4/c1-10(18)8-15(20)13-4-6-14-12(9-13)5-7-16(21-3)17(14)11(2)19/h4-9,20H,1-3H3/b15-8-. The number of ketones is 2. The fourth-order valence-corrected chi connectivity index (χ4v) is 2.28. The third-order valence-electron chi connectivity index (χ3n) is 3.19. The van der Waals surface area contributed by atoms with Crippen LogP contribution in [0.1, 0.15) is 29.8 Å². The molecule has 0 atom stereocenters. The van der Waals surface area contributed by atoms with Crippen LogP contribution in [0.5, 0.6) is 5.75 Å². The van der Waals surface area contributed by atoms with E-state index in [9.17, 15) is 14.7 Å². The maximum absolute atomic E-state index is 11.8. The van der Waals surface area contributed by atoms with Gasteiger partial charge in [0.2, 0.25) is 0 Å². The zero-order valence-electron chi connectivity index (χ0n) is 12.1. The number of hydrogen-bond donors (Lipinski definition) is 1. The van der Waals surface area contributed by atoms with Crippen molar-refractivity contribution in [2.75, 3.05) is 7.11 Å². The Morgan fingerprint density at radius 2 is 1.86 bits per heavy atom. The summed E-state index contributed by atoms with van der Waals surface area (Å²) in [4.78, 5) is 22.8. The fourth-order valence-electron chi connectivity index (χ4n) is 2.28. The summed E-state index contributed by atoms with van der Waals surface area (Å²) in [5.41, 5.74) is 1.04. The monoisotopic (exact) mass is 284 g/mol. The first-order valence-corrected chi connectivity index (χ1v) is 6.47. The predicted octanol–water partition coefficient (Wildman–Crippen LogP) is 3.54. The molecule has 0 spiro atoms. The molecular weight excluding hydrogens is 268 g/mol. The van der Waals surface area contributed by atoms with Crippen molar-refractivity contribution in [2.45, 2.75) is 13.8 Å². The summed E-state index contributed by atoms with van der Waals surface area (Å²) in [5.74, 6) is 0.108. The number of aliphatic hydroxyl groups is 1. The number of carbonyl (C=O) groups excluding carboxylic acids is 2. The summed E-state index contributed by atoms with van der Waals surface area (Å²) in [6, 6.07) is 8.67. The van der Waals surface area contributed by atoms with Crippen LogP contribution in [0, 0.1) is 0 Å². The van der Waals surface area contributed by atoms with Gasteiger partial charge in [0, 0.05) is 11.6 Å². The van der Waals surface area contributed by atoms with Crippen LogP contribution < -0.4 is 4.74 Å².